The number of fused-ring (bicyclic) bond motifs is 1. The molecule has 1 aliphatic carbocycles. The van der Waals surface area contributed by atoms with Crippen molar-refractivity contribution in [3.63, 3.8) is 0 Å². The van der Waals surface area contributed by atoms with Crippen molar-refractivity contribution in [3.8, 4) is 5.75 Å². The zero-order valence-electron chi connectivity index (χ0n) is 14.5. The first-order valence-electron chi connectivity index (χ1n) is 8.83. The number of nitrogens with one attached hydrogen (secondary N) is 3. The zero-order valence-corrected chi connectivity index (χ0v) is 14.5. The third-order valence-corrected chi connectivity index (χ3v) is 4.54. The highest BCUT2D eigenvalue weighted by molar-refractivity contribution is 5.98. The second kappa shape index (κ2) is 6.71. The fourth-order valence-electron chi connectivity index (χ4n) is 2.92. The van der Waals surface area contributed by atoms with Gasteiger partial charge in [-0.2, -0.15) is 0 Å². The lowest BCUT2D eigenvalue weighted by atomic mass is 10.1. The van der Waals surface area contributed by atoms with Gasteiger partial charge in [0.05, 0.1) is 5.69 Å². The number of carbonyl (C=O) groups excluding carboxylic acids is 2. The molecule has 4 rings (SSSR count). The molecule has 6 nitrogen and oxygen atoms in total. The van der Waals surface area contributed by atoms with Crippen molar-refractivity contribution in [2.45, 2.75) is 38.0 Å². The number of amides is 2. The van der Waals surface area contributed by atoms with Crippen molar-refractivity contribution >= 4 is 23.2 Å². The van der Waals surface area contributed by atoms with Crippen LogP contribution in [0.5, 0.6) is 5.75 Å². The number of hydrogen-bond donors (Lipinski definition) is 3. The molecule has 134 valence electrons. The van der Waals surface area contributed by atoms with Crippen LogP contribution in [-0.4, -0.2) is 24.0 Å². The summed E-state index contributed by atoms with van der Waals surface area (Å²) in [4.78, 5) is 24.5. The van der Waals surface area contributed by atoms with Crippen LogP contribution < -0.4 is 20.7 Å². The van der Waals surface area contributed by atoms with Crippen LogP contribution in [0.2, 0.25) is 0 Å². The third kappa shape index (κ3) is 3.49. The van der Waals surface area contributed by atoms with Gasteiger partial charge in [-0.3, -0.25) is 9.59 Å². The highest BCUT2D eigenvalue weighted by Crippen LogP contribution is 2.33. The van der Waals surface area contributed by atoms with Crippen LogP contribution in [0.15, 0.2) is 48.5 Å². The summed E-state index contributed by atoms with van der Waals surface area (Å²) in [6.45, 7) is 1.71. The maximum atomic E-state index is 12.7. The van der Waals surface area contributed by atoms with Gasteiger partial charge in [-0.25, -0.2) is 0 Å². The van der Waals surface area contributed by atoms with Crippen molar-refractivity contribution in [2.24, 2.45) is 0 Å². The molecule has 0 spiro atoms. The van der Waals surface area contributed by atoms with E-state index >= 15 is 0 Å². The van der Waals surface area contributed by atoms with Gasteiger partial charge < -0.3 is 20.7 Å². The lowest BCUT2D eigenvalue weighted by Gasteiger charge is -2.25. The number of rotatable bonds is 5. The van der Waals surface area contributed by atoms with E-state index in [0.717, 1.165) is 24.1 Å². The Labute approximate surface area is 151 Å². The molecule has 6 heteroatoms. The molecule has 1 heterocycles. The predicted octanol–water partition coefficient (Wildman–Crippen LogP) is 2.84. The van der Waals surface area contributed by atoms with Gasteiger partial charge in [-0.15, -0.1) is 0 Å². The topological polar surface area (TPSA) is 79.5 Å². The number of ether oxygens (including phenoxy) is 1. The van der Waals surface area contributed by atoms with Gasteiger partial charge in [-0.05, 0) is 43.5 Å². The molecule has 0 radical (unpaired) electrons. The average molecular weight is 351 g/mol. The molecule has 2 aromatic carbocycles. The Bertz CT molecular complexity index is 833. The van der Waals surface area contributed by atoms with Crippen molar-refractivity contribution in [1.82, 2.24) is 5.32 Å². The molecule has 2 aliphatic rings. The number of benzene rings is 2. The lowest BCUT2D eigenvalue weighted by molar-refractivity contribution is -0.123. The van der Waals surface area contributed by atoms with Crippen molar-refractivity contribution in [2.75, 3.05) is 10.6 Å². The van der Waals surface area contributed by atoms with Gasteiger partial charge in [-0.1, -0.05) is 30.3 Å². The highest BCUT2D eigenvalue weighted by Gasteiger charge is 2.29. The smallest absolute Gasteiger partial charge is 0.265 e. The van der Waals surface area contributed by atoms with Crippen LogP contribution in [-0.2, 0) is 9.59 Å². The minimum atomic E-state index is -0.511. The summed E-state index contributed by atoms with van der Waals surface area (Å²) in [5.74, 6) is 0.396. The minimum absolute atomic E-state index is 0.0506. The van der Waals surface area contributed by atoms with E-state index in [4.69, 9.17) is 4.74 Å². The maximum absolute atomic E-state index is 12.7. The molecule has 0 aromatic heterocycles. The van der Waals surface area contributed by atoms with E-state index in [1.54, 1.807) is 19.1 Å². The third-order valence-electron chi connectivity index (χ3n) is 4.54. The molecule has 3 N–H and O–H groups in total. The van der Waals surface area contributed by atoms with Crippen molar-refractivity contribution in [1.29, 1.82) is 0 Å². The summed E-state index contributed by atoms with van der Waals surface area (Å²) in [5, 5.41) is 9.17. The van der Waals surface area contributed by atoms with E-state index in [0.29, 0.717) is 11.4 Å². The molecule has 1 saturated carbocycles. The molecular formula is C20H21N3O3. The van der Waals surface area contributed by atoms with Crippen molar-refractivity contribution < 1.29 is 14.3 Å². The molecule has 0 unspecified atom stereocenters. The van der Waals surface area contributed by atoms with Gasteiger partial charge in [0.1, 0.15) is 11.8 Å². The summed E-state index contributed by atoms with van der Waals surface area (Å²) in [5.41, 5.74) is 2.23. The quantitative estimate of drug-likeness (QED) is 0.774. The summed E-state index contributed by atoms with van der Waals surface area (Å²) in [7, 11) is 0. The summed E-state index contributed by atoms with van der Waals surface area (Å²) in [6.07, 6.45) is 1.56. The van der Waals surface area contributed by atoms with Crippen LogP contribution in [0, 0.1) is 0 Å². The fourth-order valence-corrected chi connectivity index (χ4v) is 2.92. The highest BCUT2D eigenvalue weighted by atomic mass is 16.5. The second-order valence-electron chi connectivity index (χ2n) is 6.73. The predicted molar refractivity (Wildman–Crippen MR) is 99.1 cm³/mol. The van der Waals surface area contributed by atoms with Crippen LogP contribution >= 0.6 is 0 Å². The molecule has 26 heavy (non-hydrogen) atoms. The van der Waals surface area contributed by atoms with E-state index in [9.17, 15) is 9.59 Å². The Kier molecular flexibility index (Phi) is 4.24. The largest absolute Gasteiger partial charge is 0.479 e. The van der Waals surface area contributed by atoms with E-state index in [2.05, 4.69) is 16.0 Å². The Hall–Kier alpha value is -3.02. The number of carbonyl (C=O) groups is 2. The van der Waals surface area contributed by atoms with Crippen LogP contribution in [0.25, 0.3) is 0 Å². The van der Waals surface area contributed by atoms with Gasteiger partial charge in [0.15, 0.2) is 6.10 Å². The molecular weight excluding hydrogens is 330 g/mol. The van der Waals surface area contributed by atoms with Gasteiger partial charge in [0.25, 0.3) is 5.91 Å². The summed E-state index contributed by atoms with van der Waals surface area (Å²) in [6, 6.07) is 14.8. The molecule has 1 aliphatic heterocycles. The first-order valence-corrected chi connectivity index (χ1v) is 8.83. The second-order valence-corrected chi connectivity index (χ2v) is 6.73. The molecule has 1 fully saturated rings. The first kappa shape index (κ1) is 16.4. The Balaban J connectivity index is 1.58. The fraction of sp³-hybridized carbons (Fsp3) is 0.300. The van der Waals surface area contributed by atoms with Crippen LogP contribution in [0.3, 0.4) is 0 Å². The molecule has 0 bridgehead atoms. The SMILES string of the molecule is C[C@H]1Oc2ccc(N[C@@H](C(=O)NC3CC3)c3ccccc3)cc2NC1=O. The van der Waals surface area contributed by atoms with Gasteiger partial charge in [0.2, 0.25) is 5.91 Å². The molecule has 2 aromatic rings. The van der Waals surface area contributed by atoms with Crippen LogP contribution in [0.4, 0.5) is 11.4 Å². The van der Waals surface area contributed by atoms with Gasteiger partial charge in [0, 0.05) is 11.7 Å². The monoisotopic (exact) mass is 351 g/mol. The summed E-state index contributed by atoms with van der Waals surface area (Å²) < 4.78 is 5.58. The average Bonchev–Trinajstić information content (AvgIpc) is 3.45. The Morgan fingerprint density at radius 2 is 1.96 bits per heavy atom. The number of hydrogen-bond acceptors (Lipinski definition) is 4. The standard InChI is InChI=1S/C20H21N3O3/c1-12-19(24)23-16-11-15(9-10-17(16)26-12)21-18(13-5-3-2-4-6-13)20(25)22-14-7-8-14/h2-6,9-12,14,18,21H,7-8H2,1H3,(H,22,25)(H,23,24)/t12-,18-/m1/s1. The van der Waals surface area contributed by atoms with Crippen LogP contribution in [0.1, 0.15) is 31.4 Å². The van der Waals surface area contributed by atoms with Gasteiger partial charge >= 0.3 is 0 Å². The Morgan fingerprint density at radius 1 is 1.19 bits per heavy atom. The molecule has 2 amide bonds. The minimum Gasteiger partial charge on any atom is -0.479 e. The maximum Gasteiger partial charge on any atom is 0.265 e. The Morgan fingerprint density at radius 3 is 2.69 bits per heavy atom. The van der Waals surface area contributed by atoms with E-state index in [1.807, 2.05) is 36.4 Å². The van der Waals surface area contributed by atoms with E-state index < -0.39 is 12.1 Å². The lowest BCUT2D eigenvalue weighted by Crippen LogP contribution is -2.35. The first-order chi connectivity index (χ1) is 12.6. The van der Waals surface area contributed by atoms with Crippen molar-refractivity contribution in [3.05, 3.63) is 54.1 Å². The van der Waals surface area contributed by atoms with E-state index in [1.165, 1.54) is 0 Å². The number of anilines is 2. The summed E-state index contributed by atoms with van der Waals surface area (Å²) >= 11 is 0. The molecule has 2 atom stereocenters. The zero-order chi connectivity index (χ0) is 18.1. The normalized spacial score (nSPS) is 19.6. The molecule has 0 saturated heterocycles. The van der Waals surface area contributed by atoms with E-state index in [-0.39, 0.29) is 17.9 Å².